The van der Waals surface area contributed by atoms with Gasteiger partial charge in [-0.3, -0.25) is 9.52 Å². The van der Waals surface area contributed by atoms with Gasteiger partial charge in [0.05, 0.1) is 17.2 Å². The molecule has 0 spiro atoms. The van der Waals surface area contributed by atoms with E-state index in [1.807, 2.05) is 0 Å². The summed E-state index contributed by atoms with van der Waals surface area (Å²) < 4.78 is 69.6. The van der Waals surface area contributed by atoms with Gasteiger partial charge in [0, 0.05) is 11.6 Å². The van der Waals surface area contributed by atoms with Crippen molar-refractivity contribution in [3.8, 4) is 11.3 Å². The Morgan fingerprint density at radius 1 is 0.974 bits per heavy atom. The van der Waals surface area contributed by atoms with Crippen molar-refractivity contribution in [3.05, 3.63) is 65.7 Å². The number of alkyl halides is 3. The van der Waals surface area contributed by atoms with Gasteiger partial charge >= 0.3 is 12.1 Å². The van der Waals surface area contributed by atoms with Crippen molar-refractivity contribution in [1.82, 2.24) is 9.97 Å². The van der Waals surface area contributed by atoms with E-state index in [2.05, 4.69) is 20.0 Å². The predicted molar refractivity (Wildman–Crippen MR) is 134 cm³/mol. The smallest absolute Gasteiger partial charge is 0.418 e. The number of nitrogens with zero attached hydrogens (tertiary/aromatic N) is 2. The first-order valence-corrected chi connectivity index (χ1v) is 13.6. The van der Waals surface area contributed by atoms with Crippen LogP contribution in [0.4, 0.5) is 24.8 Å². The molecule has 2 heterocycles. The maximum absolute atomic E-state index is 13.7. The molecule has 38 heavy (non-hydrogen) atoms. The normalized spacial score (nSPS) is 22.8. The molecule has 2 bridgehead atoms. The predicted octanol–water partition coefficient (Wildman–Crippen LogP) is 5.18. The number of carbonyl (C=O) groups is 1. The van der Waals surface area contributed by atoms with E-state index in [0.717, 1.165) is 31.4 Å². The van der Waals surface area contributed by atoms with Gasteiger partial charge in [-0.15, -0.1) is 0 Å². The lowest BCUT2D eigenvalue weighted by atomic mass is 9.84. The number of nitrogens with one attached hydrogen (secondary N) is 2. The van der Waals surface area contributed by atoms with Crippen LogP contribution in [-0.2, 0) is 21.0 Å². The Kier molecular flexibility index (Phi) is 6.54. The second-order valence-corrected chi connectivity index (χ2v) is 11.4. The molecule has 8 nitrogen and oxygen atoms in total. The number of fused-ring (bicyclic) bond motifs is 2. The zero-order valence-corrected chi connectivity index (χ0v) is 21.1. The number of carboxylic acid groups (broad SMARTS) is 1. The number of aryl methyl sites for hydroxylation is 1. The third kappa shape index (κ3) is 4.92. The number of anilines is 2. The molecular weight excluding hydrogens is 521 g/mol. The molecule has 12 heteroatoms. The molecule has 3 aromatic rings. The highest BCUT2D eigenvalue weighted by Crippen LogP contribution is 2.49. The highest BCUT2D eigenvalue weighted by Gasteiger charge is 2.51. The lowest BCUT2D eigenvalue weighted by Crippen LogP contribution is -2.39. The number of rotatable bonds is 7. The van der Waals surface area contributed by atoms with Crippen LogP contribution in [0.3, 0.4) is 0 Å². The Morgan fingerprint density at radius 2 is 1.71 bits per heavy atom. The fourth-order valence-corrected chi connectivity index (χ4v) is 6.62. The van der Waals surface area contributed by atoms with Gasteiger partial charge in [0.1, 0.15) is 11.6 Å². The van der Waals surface area contributed by atoms with Gasteiger partial charge in [-0.1, -0.05) is 30.3 Å². The summed E-state index contributed by atoms with van der Waals surface area (Å²) in [6.45, 7) is 1.64. The van der Waals surface area contributed by atoms with Crippen LogP contribution in [0.5, 0.6) is 0 Å². The molecule has 1 aromatic carbocycles. The van der Waals surface area contributed by atoms with Crippen LogP contribution in [0, 0.1) is 24.7 Å². The first-order valence-electron chi connectivity index (χ1n) is 12.1. The maximum Gasteiger partial charge on any atom is 0.418 e. The number of pyridine rings is 2. The molecule has 0 saturated heterocycles. The van der Waals surface area contributed by atoms with Crippen molar-refractivity contribution < 1.29 is 31.5 Å². The van der Waals surface area contributed by atoms with E-state index in [4.69, 9.17) is 0 Å². The van der Waals surface area contributed by atoms with Gasteiger partial charge in [0.2, 0.25) is 0 Å². The number of halogens is 3. The number of sulfonamides is 1. The molecule has 5 rings (SSSR count). The molecule has 2 saturated carbocycles. The zero-order valence-electron chi connectivity index (χ0n) is 20.2. The molecular formula is C26H25F3N4O4S. The van der Waals surface area contributed by atoms with Crippen LogP contribution in [0.2, 0.25) is 0 Å². The minimum Gasteiger partial charge on any atom is -0.481 e. The van der Waals surface area contributed by atoms with E-state index in [0.29, 0.717) is 5.56 Å². The number of hydrogen-bond acceptors (Lipinski definition) is 6. The van der Waals surface area contributed by atoms with Gasteiger partial charge in [-0.2, -0.15) is 21.6 Å². The molecule has 0 radical (unpaired) electrons. The van der Waals surface area contributed by atoms with Crippen molar-refractivity contribution in [3.63, 3.8) is 0 Å². The molecule has 0 unspecified atom stereocenters. The van der Waals surface area contributed by atoms with Crippen molar-refractivity contribution in [2.75, 3.05) is 10.0 Å². The first kappa shape index (κ1) is 26.0. The maximum atomic E-state index is 13.7. The Balaban J connectivity index is 1.43. The van der Waals surface area contributed by atoms with Crippen LogP contribution in [-0.4, -0.2) is 35.5 Å². The van der Waals surface area contributed by atoms with Gasteiger partial charge in [0.25, 0.3) is 10.0 Å². The Morgan fingerprint density at radius 3 is 2.42 bits per heavy atom. The summed E-state index contributed by atoms with van der Waals surface area (Å²) >= 11 is 0. The molecule has 2 aromatic heterocycles. The standard InChI is InChI=1S/C26H25F3N4O4S/c1-14-5-2-3-6-17(14)24-18(26(27,28)29)11-12-20(32-24)33-38(36,37)21-8-4-7-19(30-21)31-23-16-10-9-15(13-16)22(23)25(34)35/h2-8,11-12,15-16,22-23H,9-10,13H2,1H3,(H,30,31)(H,32,33)(H,34,35)/t15-,16+,22+,23-/m1/s1. The Bertz CT molecular complexity index is 1500. The Hall–Kier alpha value is -3.67. The molecule has 3 N–H and O–H groups in total. The zero-order chi connectivity index (χ0) is 27.2. The topological polar surface area (TPSA) is 121 Å². The number of hydrogen-bond donors (Lipinski definition) is 3. The van der Waals surface area contributed by atoms with Crippen molar-refractivity contribution >= 4 is 27.6 Å². The summed E-state index contributed by atoms with van der Waals surface area (Å²) in [6, 6.07) is 12.0. The van der Waals surface area contributed by atoms with E-state index >= 15 is 0 Å². The largest absolute Gasteiger partial charge is 0.481 e. The van der Waals surface area contributed by atoms with Crippen LogP contribution in [0.15, 0.2) is 59.6 Å². The summed E-state index contributed by atoms with van der Waals surface area (Å²) in [6.07, 6.45) is -2.14. The second-order valence-electron chi connectivity index (χ2n) is 9.74. The summed E-state index contributed by atoms with van der Waals surface area (Å²) in [5.41, 5.74) is -0.608. The lowest BCUT2D eigenvalue weighted by Gasteiger charge is -2.29. The average molecular weight is 547 g/mol. The van der Waals surface area contributed by atoms with E-state index in [1.54, 1.807) is 31.2 Å². The van der Waals surface area contributed by atoms with Crippen LogP contribution in [0.1, 0.15) is 30.4 Å². The molecule has 2 fully saturated rings. The first-order chi connectivity index (χ1) is 17.9. The Labute approximate surface area is 217 Å². The highest BCUT2D eigenvalue weighted by molar-refractivity contribution is 7.92. The quantitative estimate of drug-likeness (QED) is 0.373. The van der Waals surface area contributed by atoms with Crippen LogP contribution in [0.25, 0.3) is 11.3 Å². The molecule has 0 amide bonds. The molecule has 200 valence electrons. The number of aromatic nitrogens is 2. The van der Waals surface area contributed by atoms with Crippen molar-refractivity contribution in [2.24, 2.45) is 17.8 Å². The molecule has 2 aliphatic rings. The summed E-state index contributed by atoms with van der Waals surface area (Å²) in [7, 11) is -4.33. The molecule has 0 aliphatic heterocycles. The van der Waals surface area contributed by atoms with Crippen LogP contribution < -0.4 is 10.0 Å². The van der Waals surface area contributed by atoms with E-state index in [-0.39, 0.29) is 40.1 Å². The van der Waals surface area contributed by atoms with Crippen LogP contribution >= 0.6 is 0 Å². The van der Waals surface area contributed by atoms with Gasteiger partial charge < -0.3 is 10.4 Å². The number of carboxylic acids is 1. The van der Waals surface area contributed by atoms with E-state index in [1.165, 1.54) is 18.2 Å². The third-order valence-corrected chi connectivity index (χ3v) is 8.61. The third-order valence-electron chi connectivity index (χ3n) is 7.35. The minimum absolute atomic E-state index is 0.0803. The second kappa shape index (κ2) is 9.57. The minimum atomic E-state index is -4.70. The highest BCUT2D eigenvalue weighted by atomic mass is 32.2. The number of benzene rings is 1. The van der Waals surface area contributed by atoms with Gasteiger partial charge in [-0.25, -0.2) is 9.97 Å². The fraction of sp³-hybridized carbons (Fsp3) is 0.346. The average Bonchev–Trinajstić information content (AvgIpc) is 3.45. The van der Waals surface area contributed by atoms with E-state index < -0.39 is 39.3 Å². The summed E-state index contributed by atoms with van der Waals surface area (Å²) in [5.74, 6) is -1.31. The van der Waals surface area contributed by atoms with Gasteiger partial charge in [-0.05, 0) is 67.9 Å². The fourth-order valence-electron chi connectivity index (χ4n) is 5.65. The molecule has 4 atom stereocenters. The molecule has 2 aliphatic carbocycles. The summed E-state index contributed by atoms with van der Waals surface area (Å²) in [5, 5.41) is 12.4. The van der Waals surface area contributed by atoms with Crippen molar-refractivity contribution in [2.45, 2.75) is 43.4 Å². The summed E-state index contributed by atoms with van der Waals surface area (Å²) in [4.78, 5) is 20.0. The van der Waals surface area contributed by atoms with Gasteiger partial charge in [0.15, 0.2) is 5.03 Å². The SMILES string of the molecule is Cc1ccccc1-c1nc(NS(=O)(=O)c2cccc(N[C@@H]3[C@H]4CC[C@H](C4)[C@@H]3C(=O)O)n2)ccc1C(F)(F)F. The van der Waals surface area contributed by atoms with Crippen molar-refractivity contribution in [1.29, 1.82) is 0 Å². The monoisotopic (exact) mass is 546 g/mol. The number of aliphatic carboxylic acids is 1. The van der Waals surface area contributed by atoms with E-state index in [9.17, 15) is 31.5 Å². The lowest BCUT2D eigenvalue weighted by molar-refractivity contribution is -0.143.